The standard InChI is InChI=1S/C24H30N2O3/c1-29-20-12-10-18(11-13-20)23-21-9-5-6-14-24(21,28)15-16-26(23)17-22(27)25-19-7-3-2-4-8-19/h2-4,7-8,10-13,21,23,28H,5-6,9,14-17H2,1H3,(H,25,27)/p+1/t21-,23-,24-/m0/s1. The van der Waals surface area contributed by atoms with Crippen molar-refractivity contribution in [3.63, 3.8) is 0 Å². The minimum Gasteiger partial charge on any atom is -0.497 e. The maximum Gasteiger partial charge on any atom is 0.279 e. The van der Waals surface area contributed by atoms with Crippen molar-refractivity contribution in [3.8, 4) is 5.75 Å². The van der Waals surface area contributed by atoms with E-state index in [0.717, 1.165) is 50.1 Å². The van der Waals surface area contributed by atoms with Crippen LogP contribution in [0.15, 0.2) is 54.6 Å². The molecule has 2 aliphatic rings. The molecule has 29 heavy (non-hydrogen) atoms. The number of quaternary nitrogens is 1. The molecule has 4 atom stereocenters. The monoisotopic (exact) mass is 395 g/mol. The van der Waals surface area contributed by atoms with Crippen LogP contribution < -0.4 is 15.0 Å². The van der Waals surface area contributed by atoms with E-state index in [1.165, 1.54) is 10.5 Å². The lowest BCUT2D eigenvalue weighted by Crippen LogP contribution is -3.16. The summed E-state index contributed by atoms with van der Waals surface area (Å²) in [7, 11) is 1.67. The van der Waals surface area contributed by atoms with E-state index in [-0.39, 0.29) is 17.9 Å². The molecule has 5 heteroatoms. The molecule has 0 bridgehead atoms. The Balaban J connectivity index is 1.57. The maximum absolute atomic E-state index is 12.8. The number of hydrogen-bond acceptors (Lipinski definition) is 3. The van der Waals surface area contributed by atoms with E-state index in [1.54, 1.807) is 7.11 Å². The summed E-state index contributed by atoms with van der Waals surface area (Å²) in [6.45, 7) is 1.20. The van der Waals surface area contributed by atoms with Crippen LogP contribution in [0.25, 0.3) is 0 Å². The lowest BCUT2D eigenvalue weighted by Gasteiger charge is -2.50. The van der Waals surface area contributed by atoms with Crippen LogP contribution in [-0.2, 0) is 4.79 Å². The molecule has 154 valence electrons. The van der Waals surface area contributed by atoms with E-state index in [4.69, 9.17) is 4.74 Å². The second-order valence-electron chi connectivity index (χ2n) is 8.46. The topological polar surface area (TPSA) is 63.0 Å². The zero-order chi connectivity index (χ0) is 20.3. The lowest BCUT2D eigenvalue weighted by atomic mass is 9.66. The minimum atomic E-state index is -0.609. The van der Waals surface area contributed by atoms with Crippen LogP contribution in [0.5, 0.6) is 5.75 Å². The molecule has 1 saturated heterocycles. The average molecular weight is 396 g/mol. The molecule has 2 aromatic rings. The number of anilines is 1. The predicted molar refractivity (Wildman–Crippen MR) is 113 cm³/mol. The van der Waals surface area contributed by atoms with Gasteiger partial charge in [-0.3, -0.25) is 4.79 Å². The molecule has 4 rings (SSSR count). The first-order valence-electron chi connectivity index (χ1n) is 10.6. The van der Waals surface area contributed by atoms with Crippen molar-refractivity contribution < 1.29 is 19.5 Å². The van der Waals surface area contributed by atoms with Crippen LogP contribution in [0, 0.1) is 5.92 Å². The first kappa shape index (κ1) is 19.9. The molecule has 1 unspecified atom stereocenters. The average Bonchev–Trinajstić information content (AvgIpc) is 2.74. The highest BCUT2D eigenvalue weighted by Crippen LogP contribution is 2.44. The third-order valence-corrected chi connectivity index (χ3v) is 6.71. The fraction of sp³-hybridized carbons (Fsp3) is 0.458. The number of rotatable bonds is 5. The number of amides is 1. The molecule has 0 radical (unpaired) electrons. The molecule has 1 heterocycles. The summed E-state index contributed by atoms with van der Waals surface area (Å²) in [5.74, 6) is 1.02. The van der Waals surface area contributed by atoms with Crippen molar-refractivity contribution in [1.29, 1.82) is 0 Å². The summed E-state index contributed by atoms with van der Waals surface area (Å²) < 4.78 is 5.32. The fourth-order valence-corrected chi connectivity index (χ4v) is 5.26. The Morgan fingerprint density at radius 2 is 1.90 bits per heavy atom. The Morgan fingerprint density at radius 1 is 1.14 bits per heavy atom. The zero-order valence-corrected chi connectivity index (χ0v) is 17.1. The van der Waals surface area contributed by atoms with Crippen molar-refractivity contribution in [3.05, 3.63) is 60.2 Å². The quantitative estimate of drug-likeness (QED) is 0.729. The molecule has 1 aliphatic carbocycles. The first-order chi connectivity index (χ1) is 14.1. The van der Waals surface area contributed by atoms with Gasteiger partial charge < -0.3 is 20.1 Å². The molecule has 2 fully saturated rings. The van der Waals surface area contributed by atoms with Crippen molar-refractivity contribution in [2.24, 2.45) is 5.92 Å². The second-order valence-corrected chi connectivity index (χ2v) is 8.46. The Hall–Kier alpha value is -2.37. The van der Waals surface area contributed by atoms with Crippen LogP contribution in [0.1, 0.15) is 43.7 Å². The van der Waals surface area contributed by atoms with Gasteiger partial charge in [0.15, 0.2) is 6.54 Å². The van der Waals surface area contributed by atoms with Crippen molar-refractivity contribution in [1.82, 2.24) is 0 Å². The van der Waals surface area contributed by atoms with Gasteiger partial charge in [-0.2, -0.15) is 0 Å². The Morgan fingerprint density at radius 3 is 2.62 bits per heavy atom. The van der Waals surface area contributed by atoms with E-state index < -0.39 is 5.60 Å². The zero-order valence-electron chi connectivity index (χ0n) is 17.1. The Kier molecular flexibility index (Phi) is 5.88. The number of likely N-dealkylation sites (tertiary alicyclic amines) is 1. The third kappa shape index (κ3) is 4.31. The van der Waals surface area contributed by atoms with Crippen molar-refractivity contribution in [2.45, 2.75) is 43.7 Å². The summed E-state index contributed by atoms with van der Waals surface area (Å²) in [5.41, 5.74) is 1.39. The van der Waals surface area contributed by atoms with Gasteiger partial charge in [0.2, 0.25) is 0 Å². The number of benzene rings is 2. The maximum atomic E-state index is 12.8. The highest BCUT2D eigenvalue weighted by Gasteiger charge is 2.51. The highest BCUT2D eigenvalue weighted by atomic mass is 16.5. The van der Waals surface area contributed by atoms with Crippen LogP contribution in [0.4, 0.5) is 5.69 Å². The molecule has 1 amide bonds. The van der Waals surface area contributed by atoms with Crippen LogP contribution in [-0.4, -0.2) is 36.8 Å². The predicted octanol–water partition coefficient (Wildman–Crippen LogP) is 2.58. The van der Waals surface area contributed by atoms with Gasteiger partial charge in [-0.05, 0) is 49.2 Å². The smallest absolute Gasteiger partial charge is 0.279 e. The molecule has 1 aliphatic heterocycles. The van der Waals surface area contributed by atoms with Crippen LogP contribution in [0.2, 0.25) is 0 Å². The van der Waals surface area contributed by atoms with Gasteiger partial charge in [0.25, 0.3) is 5.91 Å². The largest absolute Gasteiger partial charge is 0.497 e. The summed E-state index contributed by atoms with van der Waals surface area (Å²) in [5, 5.41) is 14.4. The highest BCUT2D eigenvalue weighted by molar-refractivity contribution is 5.91. The third-order valence-electron chi connectivity index (χ3n) is 6.71. The van der Waals surface area contributed by atoms with Gasteiger partial charge in [-0.1, -0.05) is 31.0 Å². The van der Waals surface area contributed by atoms with E-state index in [1.807, 2.05) is 42.5 Å². The molecular weight excluding hydrogens is 364 g/mol. The number of piperidine rings is 1. The van der Waals surface area contributed by atoms with Gasteiger partial charge in [0, 0.05) is 23.6 Å². The molecular formula is C24H31N2O3+. The molecule has 2 aromatic carbocycles. The second kappa shape index (κ2) is 8.56. The number of carbonyl (C=O) groups excluding carboxylic acids is 1. The number of aliphatic hydroxyl groups is 1. The van der Waals surface area contributed by atoms with Crippen molar-refractivity contribution >= 4 is 11.6 Å². The van der Waals surface area contributed by atoms with E-state index >= 15 is 0 Å². The van der Waals surface area contributed by atoms with Gasteiger partial charge in [-0.25, -0.2) is 0 Å². The number of nitrogens with one attached hydrogen (secondary N) is 2. The lowest BCUT2D eigenvalue weighted by molar-refractivity contribution is -0.937. The van der Waals surface area contributed by atoms with Gasteiger partial charge >= 0.3 is 0 Å². The number of methoxy groups -OCH3 is 1. The number of ether oxygens (including phenoxy) is 1. The number of para-hydroxylation sites is 1. The number of hydrogen-bond donors (Lipinski definition) is 3. The fourth-order valence-electron chi connectivity index (χ4n) is 5.26. The van der Waals surface area contributed by atoms with Crippen LogP contribution >= 0.6 is 0 Å². The number of fused-ring (bicyclic) bond motifs is 1. The molecule has 0 aromatic heterocycles. The summed E-state index contributed by atoms with van der Waals surface area (Å²) in [4.78, 5) is 14.0. The van der Waals surface area contributed by atoms with Gasteiger partial charge in [-0.15, -0.1) is 0 Å². The first-order valence-corrected chi connectivity index (χ1v) is 10.6. The SMILES string of the molecule is COc1ccc([C@H]2[C@@H]3CCCC[C@]3(O)CC[NH+]2CC(=O)Nc2ccccc2)cc1. The molecule has 3 N–H and O–H groups in total. The van der Waals surface area contributed by atoms with E-state index in [9.17, 15) is 9.90 Å². The van der Waals surface area contributed by atoms with Crippen molar-refractivity contribution in [2.75, 3.05) is 25.5 Å². The Bertz CT molecular complexity index is 824. The van der Waals surface area contributed by atoms with Gasteiger partial charge in [0.1, 0.15) is 11.8 Å². The Labute approximate surface area is 172 Å². The normalized spacial score (nSPS) is 29.0. The molecule has 0 spiro atoms. The number of carbonyl (C=O) groups is 1. The van der Waals surface area contributed by atoms with Crippen LogP contribution in [0.3, 0.4) is 0 Å². The van der Waals surface area contributed by atoms with E-state index in [2.05, 4.69) is 17.4 Å². The van der Waals surface area contributed by atoms with E-state index in [0.29, 0.717) is 6.54 Å². The summed E-state index contributed by atoms with van der Waals surface area (Å²) >= 11 is 0. The molecule has 1 saturated carbocycles. The van der Waals surface area contributed by atoms with Gasteiger partial charge in [0.05, 0.1) is 19.3 Å². The minimum absolute atomic E-state index is 0.0194. The molecule has 5 nitrogen and oxygen atoms in total. The summed E-state index contributed by atoms with van der Waals surface area (Å²) in [6.07, 6.45) is 4.87. The summed E-state index contributed by atoms with van der Waals surface area (Å²) in [6, 6.07) is 17.9.